The first kappa shape index (κ1) is 13.8. The van der Waals surface area contributed by atoms with Crippen LogP contribution in [0.15, 0.2) is 0 Å². The average Bonchev–Trinajstić information content (AvgIpc) is 2.86. The van der Waals surface area contributed by atoms with Crippen molar-refractivity contribution in [1.29, 1.82) is 0 Å². The van der Waals surface area contributed by atoms with Crippen molar-refractivity contribution in [2.45, 2.75) is 77.8 Å². The van der Waals surface area contributed by atoms with Gasteiger partial charge in [0.2, 0.25) is 0 Å². The minimum absolute atomic E-state index is 0.0790. The third-order valence-electron chi connectivity index (χ3n) is 5.87. The van der Waals surface area contributed by atoms with Crippen molar-refractivity contribution in [3.8, 4) is 0 Å². The highest BCUT2D eigenvalue weighted by atomic mass is 16.7. The Kier molecular flexibility index (Phi) is 3.23. The Bertz CT molecular complexity index is 346. The molecule has 2 heterocycles. The summed E-state index contributed by atoms with van der Waals surface area (Å²) < 4.78 is 18.6. The highest BCUT2D eigenvalue weighted by molar-refractivity contribution is 5.08. The molecule has 2 aliphatic heterocycles. The molecule has 3 heteroatoms. The molecule has 0 N–H and O–H groups in total. The third kappa shape index (κ3) is 1.89. The number of hydrogen-bond donors (Lipinski definition) is 0. The van der Waals surface area contributed by atoms with Crippen molar-refractivity contribution in [3.05, 3.63) is 0 Å². The SMILES string of the molecule is CCC1CC[C@@]2(C)CCC3(OCCO3)C(C)(C)[C@@H]2O1. The van der Waals surface area contributed by atoms with E-state index in [1.807, 2.05) is 0 Å². The Morgan fingerprint density at radius 2 is 1.68 bits per heavy atom. The zero-order valence-corrected chi connectivity index (χ0v) is 12.8. The summed E-state index contributed by atoms with van der Waals surface area (Å²) >= 11 is 0. The van der Waals surface area contributed by atoms with Crippen molar-refractivity contribution in [2.75, 3.05) is 13.2 Å². The molecule has 1 aliphatic carbocycles. The summed E-state index contributed by atoms with van der Waals surface area (Å²) in [6, 6.07) is 0. The monoisotopic (exact) mass is 268 g/mol. The van der Waals surface area contributed by atoms with Gasteiger partial charge >= 0.3 is 0 Å². The van der Waals surface area contributed by atoms with Gasteiger partial charge in [-0.15, -0.1) is 0 Å². The van der Waals surface area contributed by atoms with Crippen LogP contribution in [-0.4, -0.2) is 31.2 Å². The summed E-state index contributed by atoms with van der Waals surface area (Å²) in [5, 5.41) is 0. The molecule has 110 valence electrons. The predicted molar refractivity (Wildman–Crippen MR) is 73.9 cm³/mol. The van der Waals surface area contributed by atoms with Crippen molar-refractivity contribution in [1.82, 2.24) is 0 Å². The molecule has 1 saturated carbocycles. The van der Waals surface area contributed by atoms with E-state index in [0.29, 0.717) is 6.10 Å². The minimum atomic E-state index is -0.410. The van der Waals surface area contributed by atoms with E-state index in [1.54, 1.807) is 0 Å². The highest BCUT2D eigenvalue weighted by Crippen LogP contribution is 2.59. The fraction of sp³-hybridized carbons (Fsp3) is 1.00. The summed E-state index contributed by atoms with van der Waals surface area (Å²) in [7, 11) is 0. The lowest BCUT2D eigenvalue weighted by molar-refractivity contribution is -0.321. The Morgan fingerprint density at radius 1 is 1.00 bits per heavy atom. The molecule has 0 aromatic heterocycles. The van der Waals surface area contributed by atoms with Gasteiger partial charge in [0, 0.05) is 11.8 Å². The Hall–Kier alpha value is -0.120. The molecule has 3 aliphatic rings. The molecule has 1 unspecified atom stereocenters. The van der Waals surface area contributed by atoms with Crippen LogP contribution in [0.25, 0.3) is 0 Å². The second-order valence-electron chi connectivity index (χ2n) is 7.41. The van der Waals surface area contributed by atoms with E-state index >= 15 is 0 Å². The fourth-order valence-corrected chi connectivity index (χ4v) is 4.59. The molecule has 2 saturated heterocycles. The quantitative estimate of drug-likeness (QED) is 0.728. The van der Waals surface area contributed by atoms with Crippen molar-refractivity contribution in [2.24, 2.45) is 10.8 Å². The molecule has 0 aromatic carbocycles. The van der Waals surface area contributed by atoms with Crippen molar-refractivity contribution in [3.63, 3.8) is 0 Å². The summed E-state index contributed by atoms with van der Waals surface area (Å²) in [5.41, 5.74) is 0.208. The lowest BCUT2D eigenvalue weighted by Gasteiger charge is -2.60. The van der Waals surface area contributed by atoms with E-state index in [0.717, 1.165) is 32.5 Å². The minimum Gasteiger partial charge on any atom is -0.374 e. The van der Waals surface area contributed by atoms with E-state index in [9.17, 15) is 0 Å². The molecule has 19 heavy (non-hydrogen) atoms. The summed E-state index contributed by atoms with van der Waals surface area (Å²) in [4.78, 5) is 0. The van der Waals surface area contributed by atoms with Gasteiger partial charge in [-0.25, -0.2) is 0 Å². The molecule has 3 atom stereocenters. The molecule has 3 rings (SSSR count). The van der Waals surface area contributed by atoms with E-state index in [1.165, 1.54) is 12.8 Å². The maximum absolute atomic E-state index is 6.48. The fourth-order valence-electron chi connectivity index (χ4n) is 4.59. The lowest BCUT2D eigenvalue weighted by Crippen LogP contribution is -2.64. The van der Waals surface area contributed by atoms with Gasteiger partial charge in [-0.1, -0.05) is 27.7 Å². The van der Waals surface area contributed by atoms with Crippen LogP contribution in [0, 0.1) is 10.8 Å². The van der Waals surface area contributed by atoms with Crippen LogP contribution in [0.2, 0.25) is 0 Å². The van der Waals surface area contributed by atoms with Crippen LogP contribution in [0.4, 0.5) is 0 Å². The smallest absolute Gasteiger partial charge is 0.176 e. The van der Waals surface area contributed by atoms with Crippen molar-refractivity contribution < 1.29 is 14.2 Å². The Morgan fingerprint density at radius 3 is 2.32 bits per heavy atom. The van der Waals surface area contributed by atoms with Gasteiger partial charge in [-0.3, -0.25) is 0 Å². The number of rotatable bonds is 1. The molecular formula is C16H28O3. The number of ether oxygens (including phenoxy) is 3. The molecule has 0 aromatic rings. The average molecular weight is 268 g/mol. The standard InChI is InChI=1S/C16H28O3/c1-5-12-6-7-15(4)8-9-16(17-10-11-18-16)14(2,3)13(15)19-12/h12-13H,5-11H2,1-4H3/t12?,13-,15-/m0/s1. The Labute approximate surface area is 117 Å². The van der Waals surface area contributed by atoms with Crippen LogP contribution in [0.3, 0.4) is 0 Å². The van der Waals surface area contributed by atoms with Crippen molar-refractivity contribution >= 4 is 0 Å². The van der Waals surface area contributed by atoms with Gasteiger partial charge in [0.25, 0.3) is 0 Å². The maximum Gasteiger partial charge on any atom is 0.176 e. The van der Waals surface area contributed by atoms with E-state index in [2.05, 4.69) is 27.7 Å². The topological polar surface area (TPSA) is 27.7 Å². The largest absolute Gasteiger partial charge is 0.374 e. The highest BCUT2D eigenvalue weighted by Gasteiger charge is 2.63. The molecule has 0 amide bonds. The van der Waals surface area contributed by atoms with Gasteiger partial charge in [-0.05, 0) is 31.1 Å². The summed E-state index contributed by atoms with van der Waals surface area (Å²) in [6.07, 6.45) is 6.39. The molecule has 0 radical (unpaired) electrons. The first-order valence-corrected chi connectivity index (χ1v) is 7.87. The van der Waals surface area contributed by atoms with Gasteiger partial charge < -0.3 is 14.2 Å². The van der Waals surface area contributed by atoms with E-state index < -0.39 is 5.79 Å². The first-order chi connectivity index (χ1) is 8.94. The summed E-state index contributed by atoms with van der Waals surface area (Å²) in [6.45, 7) is 10.6. The number of fused-ring (bicyclic) bond motifs is 1. The summed E-state index contributed by atoms with van der Waals surface area (Å²) in [5.74, 6) is -0.410. The van der Waals surface area contributed by atoms with E-state index in [4.69, 9.17) is 14.2 Å². The predicted octanol–water partition coefficient (Wildman–Crippen LogP) is 3.51. The van der Waals surface area contributed by atoms with Crippen LogP contribution >= 0.6 is 0 Å². The number of hydrogen-bond acceptors (Lipinski definition) is 3. The third-order valence-corrected chi connectivity index (χ3v) is 5.87. The molecule has 3 fully saturated rings. The zero-order valence-electron chi connectivity index (χ0n) is 12.8. The molecular weight excluding hydrogens is 240 g/mol. The molecule has 1 spiro atoms. The normalized spacial score (nSPS) is 44.2. The lowest BCUT2D eigenvalue weighted by atomic mass is 9.56. The maximum atomic E-state index is 6.48. The van der Waals surface area contributed by atoms with Crippen LogP contribution < -0.4 is 0 Å². The zero-order chi connectivity index (χ0) is 13.7. The Balaban J connectivity index is 1.91. The van der Waals surface area contributed by atoms with Crippen LogP contribution in [0.1, 0.15) is 59.8 Å². The molecule has 3 nitrogen and oxygen atoms in total. The van der Waals surface area contributed by atoms with Gasteiger partial charge in [-0.2, -0.15) is 0 Å². The second-order valence-corrected chi connectivity index (χ2v) is 7.41. The second kappa shape index (κ2) is 4.44. The van der Waals surface area contributed by atoms with Gasteiger partial charge in [0.05, 0.1) is 25.4 Å². The molecule has 0 bridgehead atoms. The van der Waals surface area contributed by atoms with Crippen LogP contribution in [0.5, 0.6) is 0 Å². The van der Waals surface area contributed by atoms with E-state index in [-0.39, 0.29) is 16.9 Å². The van der Waals surface area contributed by atoms with Gasteiger partial charge in [0.1, 0.15) is 0 Å². The first-order valence-electron chi connectivity index (χ1n) is 7.87. The van der Waals surface area contributed by atoms with Crippen LogP contribution in [-0.2, 0) is 14.2 Å². The van der Waals surface area contributed by atoms with Gasteiger partial charge in [0.15, 0.2) is 5.79 Å².